The zero-order chi connectivity index (χ0) is 16.9. The molecule has 0 saturated heterocycles. The summed E-state index contributed by atoms with van der Waals surface area (Å²) in [4.78, 5) is 40.3. The van der Waals surface area contributed by atoms with E-state index < -0.39 is 6.04 Å². The van der Waals surface area contributed by atoms with Gasteiger partial charge in [0.15, 0.2) is 0 Å². The Hall–Kier alpha value is -3.22. The summed E-state index contributed by atoms with van der Waals surface area (Å²) >= 11 is 0. The molecule has 0 unspecified atom stereocenters. The highest BCUT2D eigenvalue weighted by Gasteiger charge is 2.27. The smallest absolute Gasteiger partial charge is 0.254 e. The largest absolute Gasteiger partial charge is 0.340 e. The van der Waals surface area contributed by atoms with Crippen molar-refractivity contribution >= 4 is 29.1 Å². The van der Waals surface area contributed by atoms with Crippen LogP contribution in [0.5, 0.6) is 0 Å². The number of rotatable bonds is 4. The van der Waals surface area contributed by atoms with Crippen molar-refractivity contribution < 1.29 is 14.4 Å². The van der Waals surface area contributed by atoms with E-state index in [9.17, 15) is 14.4 Å². The molecule has 1 aromatic heterocycles. The molecule has 1 aliphatic heterocycles. The molecular formula is C17H16N4O3. The molecule has 1 atom stereocenters. The average Bonchev–Trinajstić information content (AvgIpc) is 2.71. The molecule has 0 aliphatic carbocycles. The maximum Gasteiger partial charge on any atom is 0.254 e. The van der Waals surface area contributed by atoms with Gasteiger partial charge in [-0.25, -0.2) is 0 Å². The van der Waals surface area contributed by atoms with Crippen LogP contribution in [-0.4, -0.2) is 28.7 Å². The number of amides is 3. The van der Waals surface area contributed by atoms with Crippen LogP contribution >= 0.6 is 0 Å². The van der Waals surface area contributed by atoms with Crippen molar-refractivity contribution in [3.8, 4) is 0 Å². The minimum Gasteiger partial charge on any atom is -0.340 e. The summed E-state index contributed by atoms with van der Waals surface area (Å²) < 4.78 is 0. The number of carbonyl (C=O) groups is 3. The highest BCUT2D eigenvalue weighted by molar-refractivity contribution is 6.09. The van der Waals surface area contributed by atoms with Gasteiger partial charge in [-0.3, -0.25) is 19.4 Å². The summed E-state index contributed by atoms with van der Waals surface area (Å²) in [6.45, 7) is 0. The number of nitrogens with zero attached hydrogens (tertiary/aromatic N) is 1. The van der Waals surface area contributed by atoms with Crippen molar-refractivity contribution in [2.45, 2.75) is 18.9 Å². The fourth-order valence-electron chi connectivity index (χ4n) is 2.45. The predicted molar refractivity (Wildman–Crippen MR) is 88.4 cm³/mol. The van der Waals surface area contributed by atoms with E-state index in [1.54, 1.807) is 42.6 Å². The van der Waals surface area contributed by atoms with E-state index >= 15 is 0 Å². The van der Waals surface area contributed by atoms with Gasteiger partial charge >= 0.3 is 0 Å². The number of anilines is 2. The standard InChI is InChI=1S/C17H16N4O3/c22-15(19-11-4-3-9-18-10-11)8-7-14-17(24)20-13-6-2-1-5-12(13)16(23)21-14/h1-6,9-10,14H,7-8H2,(H,19,22)(H,20,24)(H,21,23)/t14-/m1/s1. The van der Waals surface area contributed by atoms with E-state index in [0.29, 0.717) is 16.9 Å². The van der Waals surface area contributed by atoms with Crippen molar-refractivity contribution in [3.63, 3.8) is 0 Å². The van der Waals surface area contributed by atoms with Gasteiger partial charge in [0, 0.05) is 12.6 Å². The number of aromatic nitrogens is 1. The van der Waals surface area contributed by atoms with Crippen LogP contribution in [0.15, 0.2) is 48.8 Å². The quantitative estimate of drug-likeness (QED) is 0.794. The molecule has 24 heavy (non-hydrogen) atoms. The Labute approximate surface area is 138 Å². The van der Waals surface area contributed by atoms with Crippen molar-refractivity contribution in [2.24, 2.45) is 0 Å². The second-order valence-electron chi connectivity index (χ2n) is 5.39. The predicted octanol–water partition coefficient (Wildman–Crippen LogP) is 1.55. The SMILES string of the molecule is O=C(CC[C@H]1NC(=O)c2ccccc2NC1=O)Nc1cccnc1. The molecule has 3 N–H and O–H groups in total. The molecule has 3 amide bonds. The molecule has 7 nitrogen and oxygen atoms in total. The van der Waals surface area contributed by atoms with Crippen LogP contribution in [0.4, 0.5) is 11.4 Å². The zero-order valence-corrected chi connectivity index (χ0v) is 12.8. The first-order valence-corrected chi connectivity index (χ1v) is 7.54. The van der Waals surface area contributed by atoms with E-state index in [1.165, 1.54) is 6.20 Å². The lowest BCUT2D eigenvalue weighted by Crippen LogP contribution is -2.41. The fourth-order valence-corrected chi connectivity index (χ4v) is 2.45. The number of hydrogen-bond donors (Lipinski definition) is 3. The van der Waals surface area contributed by atoms with Gasteiger partial charge in [0.1, 0.15) is 6.04 Å². The number of hydrogen-bond acceptors (Lipinski definition) is 4. The summed E-state index contributed by atoms with van der Waals surface area (Å²) in [5, 5.41) is 8.07. The van der Waals surface area contributed by atoms with Crippen LogP contribution in [0.3, 0.4) is 0 Å². The number of para-hydroxylation sites is 1. The lowest BCUT2D eigenvalue weighted by molar-refractivity contribution is -0.118. The Morgan fingerprint density at radius 3 is 2.79 bits per heavy atom. The van der Waals surface area contributed by atoms with E-state index in [4.69, 9.17) is 0 Å². The van der Waals surface area contributed by atoms with Crippen LogP contribution < -0.4 is 16.0 Å². The van der Waals surface area contributed by atoms with Gasteiger partial charge in [0.05, 0.1) is 23.1 Å². The number of carbonyl (C=O) groups excluding carboxylic acids is 3. The number of fused-ring (bicyclic) bond motifs is 1. The van der Waals surface area contributed by atoms with Crippen molar-refractivity contribution in [2.75, 3.05) is 10.6 Å². The summed E-state index contributed by atoms with van der Waals surface area (Å²) in [5.41, 5.74) is 1.47. The van der Waals surface area contributed by atoms with Gasteiger partial charge in [-0.15, -0.1) is 0 Å². The van der Waals surface area contributed by atoms with Crippen molar-refractivity contribution in [3.05, 3.63) is 54.4 Å². The summed E-state index contributed by atoms with van der Waals surface area (Å²) in [5.74, 6) is -0.907. The molecule has 0 bridgehead atoms. The second-order valence-corrected chi connectivity index (χ2v) is 5.39. The Bertz CT molecular complexity index is 776. The van der Waals surface area contributed by atoms with Crippen LogP contribution in [0.1, 0.15) is 23.2 Å². The van der Waals surface area contributed by atoms with E-state index in [0.717, 1.165) is 0 Å². The maximum atomic E-state index is 12.2. The monoisotopic (exact) mass is 324 g/mol. The van der Waals surface area contributed by atoms with E-state index in [1.807, 2.05) is 0 Å². The molecular weight excluding hydrogens is 308 g/mol. The molecule has 7 heteroatoms. The summed E-state index contributed by atoms with van der Waals surface area (Å²) in [7, 11) is 0. The van der Waals surface area contributed by atoms with Gasteiger partial charge in [-0.1, -0.05) is 12.1 Å². The maximum absolute atomic E-state index is 12.2. The summed E-state index contributed by atoms with van der Waals surface area (Å²) in [6, 6.07) is 9.46. The van der Waals surface area contributed by atoms with Crippen LogP contribution in [0, 0.1) is 0 Å². The lowest BCUT2D eigenvalue weighted by Gasteiger charge is -2.14. The molecule has 1 aliphatic rings. The Kier molecular flexibility index (Phi) is 4.51. The first kappa shape index (κ1) is 15.7. The minimum absolute atomic E-state index is 0.101. The zero-order valence-electron chi connectivity index (χ0n) is 12.8. The molecule has 2 aromatic rings. The number of pyridine rings is 1. The number of benzene rings is 1. The third kappa shape index (κ3) is 3.57. The van der Waals surface area contributed by atoms with Crippen molar-refractivity contribution in [1.82, 2.24) is 10.3 Å². The molecule has 0 radical (unpaired) electrons. The molecule has 2 heterocycles. The lowest BCUT2D eigenvalue weighted by atomic mass is 10.1. The van der Waals surface area contributed by atoms with Gasteiger partial charge in [-0.05, 0) is 30.7 Å². The highest BCUT2D eigenvalue weighted by Crippen LogP contribution is 2.19. The van der Waals surface area contributed by atoms with Gasteiger partial charge in [0.25, 0.3) is 5.91 Å². The Balaban J connectivity index is 1.61. The second kappa shape index (κ2) is 6.91. The van der Waals surface area contributed by atoms with E-state index in [2.05, 4.69) is 20.9 Å². The van der Waals surface area contributed by atoms with Gasteiger partial charge < -0.3 is 16.0 Å². The molecule has 1 aromatic carbocycles. The third-order valence-electron chi connectivity index (χ3n) is 3.66. The Morgan fingerprint density at radius 2 is 2.00 bits per heavy atom. The first-order chi connectivity index (χ1) is 11.6. The Morgan fingerprint density at radius 1 is 1.17 bits per heavy atom. The molecule has 0 spiro atoms. The average molecular weight is 324 g/mol. The van der Waals surface area contributed by atoms with Crippen LogP contribution in [-0.2, 0) is 9.59 Å². The van der Waals surface area contributed by atoms with Gasteiger partial charge in [0.2, 0.25) is 11.8 Å². The normalized spacial score (nSPS) is 16.4. The highest BCUT2D eigenvalue weighted by atomic mass is 16.2. The molecule has 0 saturated carbocycles. The minimum atomic E-state index is -0.760. The third-order valence-corrected chi connectivity index (χ3v) is 3.66. The van der Waals surface area contributed by atoms with E-state index in [-0.39, 0.29) is 30.6 Å². The van der Waals surface area contributed by atoms with Crippen molar-refractivity contribution in [1.29, 1.82) is 0 Å². The van der Waals surface area contributed by atoms with Gasteiger partial charge in [-0.2, -0.15) is 0 Å². The number of nitrogens with one attached hydrogen (secondary N) is 3. The first-order valence-electron chi connectivity index (χ1n) is 7.54. The summed E-state index contributed by atoms with van der Waals surface area (Å²) in [6.07, 6.45) is 3.45. The van der Waals surface area contributed by atoms with Crippen LogP contribution in [0.25, 0.3) is 0 Å². The molecule has 122 valence electrons. The topological polar surface area (TPSA) is 100 Å². The molecule has 0 fully saturated rings. The fraction of sp³-hybridized carbons (Fsp3) is 0.176. The molecule has 3 rings (SSSR count). The van der Waals surface area contributed by atoms with Crippen LogP contribution in [0.2, 0.25) is 0 Å².